The van der Waals surface area contributed by atoms with Crippen LogP contribution < -0.4 is 15.0 Å². The number of benzene rings is 1. The summed E-state index contributed by atoms with van der Waals surface area (Å²) in [5, 5.41) is 3.86. The van der Waals surface area contributed by atoms with Gasteiger partial charge < -0.3 is 15.0 Å². The van der Waals surface area contributed by atoms with Crippen molar-refractivity contribution < 1.29 is 13.7 Å². The summed E-state index contributed by atoms with van der Waals surface area (Å²) in [4.78, 5) is 22.8. The van der Waals surface area contributed by atoms with Crippen LogP contribution in [0.15, 0.2) is 29.3 Å². The molecular formula is C28H40ClN5O3S. The predicted octanol–water partition coefficient (Wildman–Crippen LogP) is 4.09. The van der Waals surface area contributed by atoms with Gasteiger partial charge in [0.15, 0.2) is 0 Å². The SMILES string of the molecule is COc1cc(C)c(S(=O)N(C)CCC(=O)NC2CCN(c3ncc(CN4CCCC4)cc3Cl)CC2)c(C)c1. The van der Waals surface area contributed by atoms with Crippen molar-refractivity contribution in [2.45, 2.75) is 63.4 Å². The van der Waals surface area contributed by atoms with Crippen molar-refractivity contribution >= 4 is 34.3 Å². The summed E-state index contributed by atoms with van der Waals surface area (Å²) in [6, 6.07) is 5.94. The van der Waals surface area contributed by atoms with E-state index in [2.05, 4.69) is 20.1 Å². The molecule has 0 saturated carbocycles. The number of rotatable bonds is 10. The third-order valence-electron chi connectivity index (χ3n) is 7.42. The summed E-state index contributed by atoms with van der Waals surface area (Å²) in [5.41, 5.74) is 2.99. The average Bonchev–Trinajstić information content (AvgIpc) is 3.40. The molecule has 2 aliphatic heterocycles. The van der Waals surface area contributed by atoms with Crippen molar-refractivity contribution in [3.8, 4) is 5.75 Å². The molecular weight excluding hydrogens is 522 g/mol. The normalized spacial score (nSPS) is 17.7. The number of anilines is 1. The highest BCUT2D eigenvalue weighted by atomic mass is 35.5. The highest BCUT2D eigenvalue weighted by Gasteiger charge is 2.24. The lowest BCUT2D eigenvalue weighted by Crippen LogP contribution is -2.45. The summed E-state index contributed by atoms with van der Waals surface area (Å²) >= 11 is 6.62. The third-order valence-corrected chi connectivity index (χ3v) is 9.44. The van der Waals surface area contributed by atoms with Crippen LogP contribution in [0.1, 0.15) is 48.8 Å². The molecule has 0 spiro atoms. The van der Waals surface area contributed by atoms with Crippen LogP contribution in [0.4, 0.5) is 5.82 Å². The Hall–Kier alpha value is -2.20. The fourth-order valence-electron chi connectivity index (χ4n) is 5.33. The molecule has 0 radical (unpaired) electrons. The van der Waals surface area contributed by atoms with Gasteiger partial charge in [0.2, 0.25) is 5.91 Å². The number of carbonyl (C=O) groups is 1. The van der Waals surface area contributed by atoms with E-state index in [1.165, 1.54) is 12.8 Å². The highest BCUT2D eigenvalue weighted by Crippen LogP contribution is 2.28. The fourth-order valence-corrected chi connectivity index (χ4v) is 6.87. The van der Waals surface area contributed by atoms with E-state index in [1.54, 1.807) is 18.5 Å². The van der Waals surface area contributed by atoms with Gasteiger partial charge in [-0.15, -0.1) is 0 Å². The number of pyridine rings is 1. The number of methoxy groups -OCH3 is 1. The van der Waals surface area contributed by atoms with Crippen LogP contribution in [-0.2, 0) is 22.3 Å². The zero-order valence-corrected chi connectivity index (χ0v) is 24.5. The van der Waals surface area contributed by atoms with Gasteiger partial charge in [0.1, 0.15) is 22.6 Å². The molecule has 38 heavy (non-hydrogen) atoms. The summed E-state index contributed by atoms with van der Waals surface area (Å²) in [6.45, 7) is 9.06. The zero-order valence-electron chi connectivity index (χ0n) is 23.0. The fraction of sp³-hybridized carbons (Fsp3) is 0.571. The highest BCUT2D eigenvalue weighted by molar-refractivity contribution is 7.82. The number of carbonyl (C=O) groups excluding carboxylic acids is 1. The van der Waals surface area contributed by atoms with Crippen molar-refractivity contribution in [1.82, 2.24) is 19.5 Å². The van der Waals surface area contributed by atoms with Crippen molar-refractivity contribution in [1.29, 1.82) is 0 Å². The van der Waals surface area contributed by atoms with Crippen LogP contribution in [-0.4, -0.2) is 77.2 Å². The van der Waals surface area contributed by atoms with E-state index < -0.39 is 11.0 Å². The Balaban J connectivity index is 1.22. The molecule has 1 aromatic heterocycles. The Morgan fingerprint density at radius 3 is 2.42 bits per heavy atom. The monoisotopic (exact) mass is 561 g/mol. The standard InChI is InChI=1S/C28H40ClN5O3S/c1-20-15-24(37-4)16-21(2)27(20)38(36)32(3)12-9-26(35)31-23-7-13-34(14-8-23)28-25(29)17-22(18-30-28)19-33-10-5-6-11-33/h15-18,23H,5-14,19H2,1-4H3,(H,31,35). The Morgan fingerprint density at radius 2 is 1.82 bits per heavy atom. The molecule has 3 heterocycles. The second-order valence-electron chi connectivity index (χ2n) is 10.4. The minimum Gasteiger partial charge on any atom is -0.497 e. The number of hydrogen-bond donors (Lipinski definition) is 1. The van der Waals surface area contributed by atoms with Crippen molar-refractivity contribution in [2.75, 3.05) is 51.8 Å². The van der Waals surface area contributed by atoms with Crippen LogP contribution in [0.2, 0.25) is 5.02 Å². The lowest BCUT2D eigenvalue weighted by Gasteiger charge is -2.33. The molecule has 0 aliphatic carbocycles. The van der Waals surface area contributed by atoms with Crippen LogP contribution in [0.25, 0.3) is 0 Å². The average molecular weight is 562 g/mol. The first-order chi connectivity index (χ1) is 18.2. The van der Waals surface area contributed by atoms with Crippen LogP contribution in [0, 0.1) is 13.8 Å². The van der Waals surface area contributed by atoms with Gasteiger partial charge in [-0.2, -0.15) is 0 Å². The summed E-state index contributed by atoms with van der Waals surface area (Å²) in [6.07, 6.45) is 6.45. The Labute approximate surface area is 234 Å². The molecule has 2 aliphatic rings. The van der Waals surface area contributed by atoms with Gasteiger partial charge in [-0.05, 0) is 87.5 Å². The molecule has 1 N–H and O–H groups in total. The molecule has 2 saturated heterocycles. The minimum absolute atomic E-state index is 0.0158. The van der Waals surface area contributed by atoms with E-state index in [-0.39, 0.29) is 11.9 Å². The summed E-state index contributed by atoms with van der Waals surface area (Å²) in [5.74, 6) is 1.56. The van der Waals surface area contributed by atoms with E-state index in [4.69, 9.17) is 16.3 Å². The molecule has 0 bridgehead atoms. The van der Waals surface area contributed by atoms with Gasteiger partial charge in [-0.1, -0.05) is 11.6 Å². The number of aromatic nitrogens is 1. The number of piperidine rings is 1. The molecule has 2 fully saturated rings. The van der Waals surface area contributed by atoms with E-state index in [9.17, 15) is 9.00 Å². The molecule has 2 aromatic rings. The first-order valence-electron chi connectivity index (χ1n) is 13.4. The van der Waals surface area contributed by atoms with Gasteiger partial charge in [-0.3, -0.25) is 9.69 Å². The number of halogens is 1. The lowest BCUT2D eigenvalue weighted by atomic mass is 10.0. The maximum absolute atomic E-state index is 13.1. The number of nitrogens with one attached hydrogen (secondary N) is 1. The largest absolute Gasteiger partial charge is 0.497 e. The van der Waals surface area contributed by atoms with Gasteiger partial charge in [0.25, 0.3) is 0 Å². The predicted molar refractivity (Wildman–Crippen MR) is 153 cm³/mol. The Morgan fingerprint density at radius 1 is 1.16 bits per heavy atom. The summed E-state index contributed by atoms with van der Waals surface area (Å²) < 4.78 is 20.2. The molecule has 8 nitrogen and oxygen atoms in total. The molecule has 1 aromatic carbocycles. The van der Waals surface area contributed by atoms with Gasteiger partial charge in [0, 0.05) is 51.9 Å². The molecule has 208 valence electrons. The topological polar surface area (TPSA) is 78.0 Å². The molecule has 1 atom stereocenters. The number of nitrogens with zero attached hydrogens (tertiary/aromatic N) is 4. The van der Waals surface area contributed by atoms with Crippen molar-refractivity contribution in [2.24, 2.45) is 0 Å². The maximum atomic E-state index is 13.1. The Kier molecular flexibility index (Phi) is 10.0. The Bertz CT molecular complexity index is 1130. The molecule has 4 rings (SSSR count). The summed E-state index contributed by atoms with van der Waals surface area (Å²) in [7, 11) is 2.07. The first kappa shape index (κ1) is 28.8. The number of likely N-dealkylation sites (tertiary alicyclic amines) is 1. The van der Waals surface area contributed by atoms with Crippen LogP contribution in [0.5, 0.6) is 5.75 Å². The second kappa shape index (κ2) is 13.2. The van der Waals surface area contributed by atoms with E-state index >= 15 is 0 Å². The number of amides is 1. The number of hydrogen-bond acceptors (Lipinski definition) is 6. The van der Waals surface area contributed by atoms with Crippen LogP contribution in [0.3, 0.4) is 0 Å². The molecule has 10 heteroatoms. The number of aryl methyl sites for hydroxylation is 2. The first-order valence-corrected chi connectivity index (χ1v) is 14.9. The van der Waals surface area contributed by atoms with Gasteiger partial charge in [-0.25, -0.2) is 13.5 Å². The quantitative estimate of drug-likeness (QED) is 0.471. The molecule has 1 unspecified atom stereocenters. The van der Waals surface area contributed by atoms with E-state index in [0.717, 1.165) is 78.7 Å². The maximum Gasteiger partial charge on any atom is 0.221 e. The van der Waals surface area contributed by atoms with Gasteiger partial charge >= 0.3 is 0 Å². The number of ether oxygens (including phenoxy) is 1. The van der Waals surface area contributed by atoms with Crippen LogP contribution >= 0.6 is 11.6 Å². The third kappa shape index (κ3) is 7.25. The zero-order chi connectivity index (χ0) is 27.2. The van der Waals surface area contributed by atoms with E-state index in [0.29, 0.717) is 18.0 Å². The molecule has 1 amide bonds. The lowest BCUT2D eigenvalue weighted by molar-refractivity contribution is -0.122. The van der Waals surface area contributed by atoms with Crippen molar-refractivity contribution in [3.63, 3.8) is 0 Å². The minimum atomic E-state index is -1.35. The van der Waals surface area contributed by atoms with Crippen molar-refractivity contribution in [3.05, 3.63) is 46.1 Å². The van der Waals surface area contributed by atoms with E-state index in [1.807, 2.05) is 38.2 Å². The smallest absolute Gasteiger partial charge is 0.221 e. The second-order valence-corrected chi connectivity index (χ2v) is 12.3. The van der Waals surface area contributed by atoms with Gasteiger partial charge in [0.05, 0.1) is 17.0 Å².